The summed E-state index contributed by atoms with van der Waals surface area (Å²) < 4.78 is 3.42. The lowest BCUT2D eigenvalue weighted by atomic mass is 10.0. The molecule has 5 rings (SSSR count). The number of rotatable bonds is 7. The number of amides is 1. The van der Waals surface area contributed by atoms with Crippen molar-refractivity contribution in [3.63, 3.8) is 0 Å². The van der Waals surface area contributed by atoms with Gasteiger partial charge in [0.15, 0.2) is 0 Å². The zero-order valence-corrected chi connectivity index (χ0v) is 15.8. The van der Waals surface area contributed by atoms with Gasteiger partial charge < -0.3 is 15.0 Å². The Balaban J connectivity index is 1.38. The van der Waals surface area contributed by atoms with Crippen molar-refractivity contribution in [3.05, 3.63) is 42.6 Å². The van der Waals surface area contributed by atoms with Gasteiger partial charge in [-0.1, -0.05) is 24.1 Å². The zero-order valence-electron chi connectivity index (χ0n) is 15.0. The molecule has 0 spiro atoms. The summed E-state index contributed by atoms with van der Waals surface area (Å²) in [7, 11) is 0. The van der Waals surface area contributed by atoms with E-state index in [0.29, 0.717) is 5.82 Å². The Kier molecular flexibility index (Phi) is 4.28. The molecule has 0 saturated heterocycles. The highest BCUT2D eigenvalue weighted by Gasteiger charge is 2.30. The summed E-state index contributed by atoms with van der Waals surface area (Å²) in [5, 5.41) is 4.02. The van der Waals surface area contributed by atoms with Crippen LogP contribution in [0.15, 0.2) is 42.6 Å². The topological polar surface area (TPSA) is 69.8 Å². The quantitative estimate of drug-likeness (QED) is 0.503. The first-order valence-corrected chi connectivity index (χ1v) is 10.5. The van der Waals surface area contributed by atoms with Gasteiger partial charge in [-0.25, -0.2) is 4.98 Å². The van der Waals surface area contributed by atoms with E-state index in [4.69, 9.17) is 0 Å². The molecular formula is C21H22N4OS. The summed E-state index contributed by atoms with van der Waals surface area (Å²) in [4.78, 5) is 19.8. The largest absolute Gasteiger partial charge is 0.346 e. The molecule has 5 nitrogen and oxygen atoms in total. The predicted molar refractivity (Wildman–Crippen MR) is 112 cm³/mol. The second-order valence-electron chi connectivity index (χ2n) is 7.49. The molecule has 138 valence electrons. The number of benzene rings is 1. The van der Waals surface area contributed by atoms with Gasteiger partial charge in [0.2, 0.25) is 5.91 Å². The molecule has 2 saturated carbocycles. The minimum absolute atomic E-state index is 0.0755. The van der Waals surface area contributed by atoms with Crippen LogP contribution in [0.1, 0.15) is 25.7 Å². The van der Waals surface area contributed by atoms with Gasteiger partial charge in [-0.15, -0.1) is 0 Å². The SMILES string of the molecule is O=C(Nc1cc(-c2ccc(NSCC3CC3)cc2)c2cc[nH]c2n1)C1CC1. The molecule has 27 heavy (non-hydrogen) atoms. The summed E-state index contributed by atoms with van der Waals surface area (Å²) in [5.74, 6) is 2.93. The van der Waals surface area contributed by atoms with Crippen molar-refractivity contribution in [2.45, 2.75) is 25.7 Å². The van der Waals surface area contributed by atoms with Crippen molar-refractivity contribution in [3.8, 4) is 11.1 Å². The van der Waals surface area contributed by atoms with Gasteiger partial charge in [0, 0.05) is 28.9 Å². The Morgan fingerprint density at radius 2 is 1.96 bits per heavy atom. The van der Waals surface area contributed by atoms with Gasteiger partial charge in [-0.2, -0.15) is 0 Å². The average molecular weight is 379 g/mol. The lowest BCUT2D eigenvalue weighted by Gasteiger charge is -2.10. The molecule has 0 bridgehead atoms. The van der Waals surface area contributed by atoms with Crippen LogP contribution in [-0.4, -0.2) is 21.6 Å². The van der Waals surface area contributed by atoms with Crippen LogP contribution in [0.4, 0.5) is 11.5 Å². The lowest BCUT2D eigenvalue weighted by molar-refractivity contribution is -0.117. The number of pyridine rings is 1. The van der Waals surface area contributed by atoms with E-state index in [-0.39, 0.29) is 11.8 Å². The van der Waals surface area contributed by atoms with Gasteiger partial charge in [0.05, 0.1) is 0 Å². The molecule has 0 radical (unpaired) electrons. The van der Waals surface area contributed by atoms with Crippen LogP contribution in [0.25, 0.3) is 22.2 Å². The third-order valence-corrected chi connectivity index (χ3v) is 6.15. The molecule has 3 aromatic rings. The number of carbonyl (C=O) groups is 1. The summed E-state index contributed by atoms with van der Waals surface area (Å²) in [5.41, 5.74) is 4.10. The minimum Gasteiger partial charge on any atom is -0.346 e. The van der Waals surface area contributed by atoms with Crippen LogP contribution in [-0.2, 0) is 4.79 Å². The van der Waals surface area contributed by atoms with Crippen molar-refractivity contribution >= 4 is 40.4 Å². The number of nitrogens with one attached hydrogen (secondary N) is 3. The van der Waals surface area contributed by atoms with E-state index < -0.39 is 0 Å². The normalized spacial score (nSPS) is 16.4. The molecule has 2 aromatic heterocycles. The Morgan fingerprint density at radius 3 is 2.70 bits per heavy atom. The second kappa shape index (κ2) is 6.93. The number of fused-ring (bicyclic) bond motifs is 1. The molecule has 3 N–H and O–H groups in total. The third-order valence-electron chi connectivity index (χ3n) is 5.13. The van der Waals surface area contributed by atoms with Crippen molar-refractivity contribution in [2.75, 3.05) is 15.8 Å². The molecule has 1 aromatic carbocycles. The van der Waals surface area contributed by atoms with E-state index in [1.807, 2.05) is 18.3 Å². The van der Waals surface area contributed by atoms with E-state index in [2.05, 4.69) is 44.3 Å². The van der Waals surface area contributed by atoms with Crippen LogP contribution in [0.2, 0.25) is 0 Å². The van der Waals surface area contributed by atoms with E-state index in [1.54, 1.807) is 11.9 Å². The predicted octanol–water partition coefficient (Wildman–Crippen LogP) is 5.05. The maximum atomic E-state index is 12.1. The molecule has 2 heterocycles. The highest BCUT2D eigenvalue weighted by atomic mass is 32.2. The van der Waals surface area contributed by atoms with Crippen molar-refractivity contribution in [1.29, 1.82) is 0 Å². The Morgan fingerprint density at radius 1 is 1.15 bits per heavy atom. The fourth-order valence-electron chi connectivity index (χ4n) is 3.16. The molecule has 2 fully saturated rings. The number of anilines is 2. The Labute approximate surface area is 162 Å². The number of aromatic amines is 1. The fourth-order valence-corrected chi connectivity index (χ4v) is 4.11. The van der Waals surface area contributed by atoms with Gasteiger partial charge >= 0.3 is 0 Å². The average Bonchev–Trinajstić information content (AvgIpc) is 3.60. The number of H-pyrrole nitrogens is 1. The highest BCUT2D eigenvalue weighted by Crippen LogP contribution is 2.34. The molecule has 0 unspecified atom stereocenters. The maximum Gasteiger partial charge on any atom is 0.228 e. The molecule has 0 aliphatic heterocycles. The molecule has 0 atom stereocenters. The smallest absolute Gasteiger partial charge is 0.228 e. The second-order valence-corrected chi connectivity index (χ2v) is 8.32. The zero-order chi connectivity index (χ0) is 18.2. The van der Waals surface area contributed by atoms with E-state index >= 15 is 0 Å². The first-order valence-electron chi connectivity index (χ1n) is 9.53. The number of hydrogen-bond acceptors (Lipinski definition) is 4. The van der Waals surface area contributed by atoms with Crippen LogP contribution < -0.4 is 10.0 Å². The number of carbonyl (C=O) groups excluding carboxylic acids is 1. The van der Waals surface area contributed by atoms with Crippen LogP contribution >= 0.6 is 11.9 Å². The Hall–Kier alpha value is -2.47. The molecular weight excluding hydrogens is 356 g/mol. The number of hydrogen-bond donors (Lipinski definition) is 3. The van der Waals surface area contributed by atoms with Gasteiger partial charge in [-0.3, -0.25) is 4.79 Å². The van der Waals surface area contributed by atoms with Crippen LogP contribution in [0.5, 0.6) is 0 Å². The Bertz CT molecular complexity index is 974. The lowest BCUT2D eigenvalue weighted by Crippen LogP contribution is -2.14. The molecule has 6 heteroatoms. The van der Waals surface area contributed by atoms with E-state index in [0.717, 1.165) is 46.6 Å². The third kappa shape index (κ3) is 3.81. The molecule has 2 aliphatic carbocycles. The molecule has 2 aliphatic rings. The summed E-state index contributed by atoms with van der Waals surface area (Å²) in [6.07, 6.45) is 6.61. The number of nitrogens with zero attached hydrogens (tertiary/aromatic N) is 1. The van der Waals surface area contributed by atoms with Crippen molar-refractivity contribution < 1.29 is 4.79 Å². The minimum atomic E-state index is 0.0755. The van der Waals surface area contributed by atoms with Crippen LogP contribution in [0.3, 0.4) is 0 Å². The maximum absolute atomic E-state index is 12.1. The van der Waals surface area contributed by atoms with E-state index in [1.165, 1.54) is 18.6 Å². The van der Waals surface area contributed by atoms with Gasteiger partial charge in [-0.05, 0) is 67.0 Å². The van der Waals surface area contributed by atoms with Gasteiger partial charge in [0.1, 0.15) is 11.5 Å². The monoisotopic (exact) mass is 378 g/mol. The summed E-state index contributed by atoms with van der Waals surface area (Å²) >= 11 is 1.79. The first kappa shape index (κ1) is 16.7. The summed E-state index contributed by atoms with van der Waals surface area (Å²) in [6, 6.07) is 12.5. The summed E-state index contributed by atoms with van der Waals surface area (Å²) in [6.45, 7) is 0. The van der Waals surface area contributed by atoms with Crippen molar-refractivity contribution in [1.82, 2.24) is 9.97 Å². The fraction of sp³-hybridized carbons (Fsp3) is 0.333. The highest BCUT2D eigenvalue weighted by molar-refractivity contribution is 8.00. The van der Waals surface area contributed by atoms with Crippen molar-refractivity contribution in [2.24, 2.45) is 11.8 Å². The standard InChI is InChI=1S/C21H22N4OS/c26-21(15-3-4-15)24-19-11-18(17-9-10-22-20(17)23-19)14-5-7-16(8-6-14)25-27-12-13-1-2-13/h5-11,13,15,25H,1-4,12H2,(H2,22,23,24,26). The first-order chi connectivity index (χ1) is 13.3. The molecule has 1 amide bonds. The van der Waals surface area contributed by atoms with Gasteiger partial charge in [0.25, 0.3) is 0 Å². The number of aromatic nitrogens is 2. The van der Waals surface area contributed by atoms with Crippen LogP contribution in [0, 0.1) is 11.8 Å². The van der Waals surface area contributed by atoms with E-state index in [9.17, 15) is 4.79 Å².